The Morgan fingerprint density at radius 1 is 1.11 bits per heavy atom. The number of para-hydroxylation sites is 1. The summed E-state index contributed by atoms with van der Waals surface area (Å²) in [7, 11) is 0. The molecule has 184 valence electrons. The molecule has 0 unspecified atom stereocenters. The highest BCUT2D eigenvalue weighted by atomic mass is 16.5. The lowest BCUT2D eigenvalue weighted by molar-refractivity contribution is 0.0820. The molecule has 0 saturated heterocycles. The van der Waals surface area contributed by atoms with E-state index in [1.807, 2.05) is 75.4 Å². The molecule has 0 aliphatic carbocycles. The van der Waals surface area contributed by atoms with Crippen LogP contribution in [0.2, 0.25) is 0 Å². The van der Waals surface area contributed by atoms with E-state index >= 15 is 0 Å². The van der Waals surface area contributed by atoms with Crippen LogP contribution in [0.3, 0.4) is 0 Å². The molecule has 0 atom stereocenters. The molecule has 0 bridgehead atoms. The van der Waals surface area contributed by atoms with Crippen molar-refractivity contribution in [1.82, 2.24) is 14.9 Å². The van der Waals surface area contributed by atoms with Gasteiger partial charge in [0.25, 0.3) is 0 Å². The Labute approximate surface area is 209 Å². The Balaban J connectivity index is 1.52. The SMILES string of the molecule is Cc1c(NC(=O)NCCOC(C)C)cn2ncc(C#N)c(Nc3ccc(Oc4ccccc4)cc3)c12. The minimum atomic E-state index is -0.342. The molecule has 2 aromatic heterocycles. The van der Waals surface area contributed by atoms with Crippen molar-refractivity contribution in [3.8, 4) is 17.6 Å². The number of fused-ring (bicyclic) bond motifs is 1. The van der Waals surface area contributed by atoms with Crippen molar-refractivity contribution in [1.29, 1.82) is 5.26 Å². The molecule has 4 aromatic rings. The largest absolute Gasteiger partial charge is 0.457 e. The maximum absolute atomic E-state index is 12.4. The summed E-state index contributed by atoms with van der Waals surface area (Å²) in [6.07, 6.45) is 3.32. The second-order valence-electron chi connectivity index (χ2n) is 8.37. The molecule has 3 N–H and O–H groups in total. The quantitative estimate of drug-likeness (QED) is 0.267. The van der Waals surface area contributed by atoms with Crippen LogP contribution in [0.25, 0.3) is 5.52 Å². The van der Waals surface area contributed by atoms with Crippen molar-refractivity contribution < 1.29 is 14.3 Å². The van der Waals surface area contributed by atoms with E-state index in [0.29, 0.717) is 41.4 Å². The number of nitrogens with zero attached hydrogens (tertiary/aromatic N) is 3. The average Bonchev–Trinajstić information content (AvgIpc) is 3.19. The summed E-state index contributed by atoms with van der Waals surface area (Å²) in [5.74, 6) is 1.45. The van der Waals surface area contributed by atoms with Crippen LogP contribution < -0.4 is 20.7 Å². The predicted octanol–water partition coefficient (Wildman–Crippen LogP) is 5.60. The number of nitriles is 1. The Morgan fingerprint density at radius 2 is 1.83 bits per heavy atom. The minimum absolute atomic E-state index is 0.104. The Morgan fingerprint density at radius 3 is 2.53 bits per heavy atom. The zero-order valence-electron chi connectivity index (χ0n) is 20.4. The summed E-state index contributed by atoms with van der Waals surface area (Å²) in [4.78, 5) is 12.4. The highest BCUT2D eigenvalue weighted by Crippen LogP contribution is 2.33. The van der Waals surface area contributed by atoms with Crippen molar-refractivity contribution >= 4 is 28.6 Å². The normalized spacial score (nSPS) is 10.8. The predicted molar refractivity (Wildman–Crippen MR) is 139 cm³/mol. The van der Waals surface area contributed by atoms with Gasteiger partial charge in [0.1, 0.15) is 17.6 Å². The number of carbonyl (C=O) groups is 1. The van der Waals surface area contributed by atoms with Gasteiger partial charge >= 0.3 is 6.03 Å². The number of nitrogens with one attached hydrogen (secondary N) is 3. The van der Waals surface area contributed by atoms with Crippen LogP contribution in [0.5, 0.6) is 11.5 Å². The first-order valence-corrected chi connectivity index (χ1v) is 11.6. The molecule has 2 heterocycles. The Bertz CT molecular complexity index is 1370. The second-order valence-corrected chi connectivity index (χ2v) is 8.37. The van der Waals surface area contributed by atoms with Crippen LogP contribution >= 0.6 is 0 Å². The lowest BCUT2D eigenvalue weighted by Gasteiger charge is -2.12. The van der Waals surface area contributed by atoms with Crippen LogP contribution in [0.15, 0.2) is 67.0 Å². The fraction of sp³-hybridized carbons (Fsp3) is 0.222. The Hall–Kier alpha value is -4.55. The van der Waals surface area contributed by atoms with Crippen LogP contribution in [0.4, 0.5) is 21.9 Å². The summed E-state index contributed by atoms with van der Waals surface area (Å²) in [6, 6.07) is 18.8. The molecular formula is C27H28N6O3. The van der Waals surface area contributed by atoms with E-state index < -0.39 is 0 Å². The van der Waals surface area contributed by atoms with Crippen LogP contribution in [0.1, 0.15) is 25.0 Å². The number of hydrogen-bond acceptors (Lipinski definition) is 6. The van der Waals surface area contributed by atoms with E-state index in [0.717, 1.165) is 17.0 Å². The lowest BCUT2D eigenvalue weighted by atomic mass is 10.1. The van der Waals surface area contributed by atoms with E-state index in [9.17, 15) is 10.1 Å². The summed E-state index contributed by atoms with van der Waals surface area (Å²) in [6.45, 7) is 6.58. The van der Waals surface area contributed by atoms with Crippen molar-refractivity contribution in [3.05, 3.63) is 78.1 Å². The Kier molecular flexibility index (Phi) is 7.68. The van der Waals surface area contributed by atoms with Crippen molar-refractivity contribution in [2.45, 2.75) is 26.9 Å². The number of carbonyl (C=O) groups excluding carboxylic acids is 1. The van der Waals surface area contributed by atoms with Gasteiger partial charge in [-0.15, -0.1) is 0 Å². The van der Waals surface area contributed by atoms with Gasteiger partial charge < -0.3 is 25.4 Å². The van der Waals surface area contributed by atoms with E-state index in [1.54, 1.807) is 10.7 Å². The fourth-order valence-corrected chi connectivity index (χ4v) is 3.63. The number of anilines is 3. The minimum Gasteiger partial charge on any atom is -0.457 e. The standard InChI is InChI=1S/C27H28N6O3/c1-18(2)35-14-13-29-27(34)32-24-17-33-26(19(24)3)25(20(15-28)16-30-33)31-21-9-11-23(12-10-21)36-22-7-5-4-6-8-22/h4-12,16-18,31H,13-14H2,1-3H3,(H2,29,32,34). The van der Waals surface area contributed by atoms with Crippen LogP contribution in [0, 0.1) is 18.3 Å². The summed E-state index contributed by atoms with van der Waals surface area (Å²) in [5, 5.41) is 23.0. The molecule has 0 aliphatic heterocycles. The number of amides is 2. The monoisotopic (exact) mass is 484 g/mol. The first-order chi connectivity index (χ1) is 17.4. The first kappa shape index (κ1) is 24.6. The molecule has 0 saturated carbocycles. The second kappa shape index (κ2) is 11.3. The maximum Gasteiger partial charge on any atom is 0.319 e. The van der Waals surface area contributed by atoms with Gasteiger partial charge in [0.2, 0.25) is 0 Å². The molecule has 4 rings (SSSR count). The molecule has 9 heteroatoms. The molecule has 0 fully saturated rings. The summed E-state index contributed by atoms with van der Waals surface area (Å²) < 4.78 is 12.9. The van der Waals surface area contributed by atoms with Gasteiger partial charge in [-0.2, -0.15) is 10.4 Å². The van der Waals surface area contributed by atoms with Crippen LogP contribution in [-0.2, 0) is 4.74 Å². The first-order valence-electron chi connectivity index (χ1n) is 11.6. The smallest absolute Gasteiger partial charge is 0.319 e. The van der Waals surface area contributed by atoms with Gasteiger partial charge in [0.15, 0.2) is 0 Å². The van der Waals surface area contributed by atoms with E-state index in [2.05, 4.69) is 27.1 Å². The number of urea groups is 1. The van der Waals surface area contributed by atoms with Gasteiger partial charge in [-0.05, 0) is 57.2 Å². The third kappa shape index (κ3) is 5.92. The molecule has 0 spiro atoms. The molecule has 2 amide bonds. The highest BCUT2D eigenvalue weighted by molar-refractivity contribution is 5.94. The third-order valence-corrected chi connectivity index (χ3v) is 5.37. The van der Waals surface area contributed by atoms with Gasteiger partial charge in [0.05, 0.1) is 47.6 Å². The zero-order chi connectivity index (χ0) is 25.5. The molecular weight excluding hydrogens is 456 g/mol. The lowest BCUT2D eigenvalue weighted by Crippen LogP contribution is -2.32. The third-order valence-electron chi connectivity index (χ3n) is 5.37. The van der Waals surface area contributed by atoms with Gasteiger partial charge in [0, 0.05) is 17.8 Å². The molecule has 0 aliphatic rings. The zero-order valence-corrected chi connectivity index (χ0v) is 20.4. The summed E-state index contributed by atoms with van der Waals surface area (Å²) in [5.41, 5.74) is 3.82. The number of benzene rings is 2. The van der Waals surface area contributed by atoms with Crippen molar-refractivity contribution in [2.24, 2.45) is 0 Å². The van der Waals surface area contributed by atoms with Gasteiger partial charge in [-0.25, -0.2) is 9.31 Å². The molecule has 2 aromatic carbocycles. The number of aryl methyl sites for hydroxylation is 1. The van der Waals surface area contributed by atoms with E-state index in [-0.39, 0.29) is 12.1 Å². The van der Waals surface area contributed by atoms with Crippen LogP contribution in [-0.4, -0.2) is 34.9 Å². The van der Waals surface area contributed by atoms with E-state index in [4.69, 9.17) is 9.47 Å². The topological polar surface area (TPSA) is 113 Å². The number of rotatable bonds is 9. The number of hydrogen-bond donors (Lipinski definition) is 3. The number of ether oxygens (including phenoxy) is 2. The van der Waals surface area contributed by atoms with E-state index in [1.165, 1.54) is 6.20 Å². The van der Waals surface area contributed by atoms with Crippen molar-refractivity contribution in [2.75, 3.05) is 23.8 Å². The highest BCUT2D eigenvalue weighted by Gasteiger charge is 2.17. The molecule has 0 radical (unpaired) electrons. The van der Waals surface area contributed by atoms with Gasteiger partial charge in [-0.1, -0.05) is 18.2 Å². The summed E-state index contributed by atoms with van der Waals surface area (Å²) >= 11 is 0. The number of aromatic nitrogens is 2. The van der Waals surface area contributed by atoms with Gasteiger partial charge in [-0.3, -0.25) is 0 Å². The molecule has 9 nitrogen and oxygen atoms in total. The fourth-order valence-electron chi connectivity index (χ4n) is 3.63. The average molecular weight is 485 g/mol. The van der Waals surface area contributed by atoms with Crippen molar-refractivity contribution in [3.63, 3.8) is 0 Å². The maximum atomic E-state index is 12.4. The molecule has 36 heavy (non-hydrogen) atoms.